The smallest absolute Gasteiger partial charge is 0.341 e. The Kier molecular flexibility index (Phi) is 5.53. The molecule has 1 aliphatic heterocycles. The number of hydrogen-bond acceptors (Lipinski definition) is 8. The molecule has 1 aromatic rings. The minimum absolute atomic E-state index is 0.0560. The molecule has 11 heteroatoms. The second-order valence-electron chi connectivity index (χ2n) is 6.25. The predicted molar refractivity (Wildman–Crippen MR) is 102 cm³/mol. The van der Waals surface area contributed by atoms with Gasteiger partial charge in [0.05, 0.1) is 24.3 Å². The number of ether oxygens (including phenoxy) is 4. The first-order chi connectivity index (χ1) is 14.1. The summed E-state index contributed by atoms with van der Waals surface area (Å²) in [6.07, 6.45) is 1.87. The van der Waals surface area contributed by atoms with Crippen LogP contribution in [-0.4, -0.2) is 55.0 Å². The van der Waals surface area contributed by atoms with Crippen LogP contribution in [0.25, 0.3) is 0 Å². The fourth-order valence-corrected chi connectivity index (χ4v) is 3.73. The van der Waals surface area contributed by atoms with Gasteiger partial charge in [-0.1, -0.05) is 23.2 Å². The van der Waals surface area contributed by atoms with E-state index in [0.29, 0.717) is 0 Å². The average Bonchev–Trinajstić information content (AvgIpc) is 3.01. The molecule has 0 radical (unpaired) electrons. The van der Waals surface area contributed by atoms with Crippen molar-refractivity contribution in [2.75, 3.05) is 20.8 Å². The lowest BCUT2D eigenvalue weighted by Crippen LogP contribution is -2.49. The minimum atomic E-state index is -2.22. The first-order valence-corrected chi connectivity index (χ1v) is 9.06. The Hall–Kier alpha value is -3.04. The van der Waals surface area contributed by atoms with Crippen molar-refractivity contribution >= 4 is 46.7 Å². The summed E-state index contributed by atoms with van der Waals surface area (Å²) in [5.41, 5.74) is -2.70. The number of hydrogen-bond donors (Lipinski definition) is 1. The molecule has 158 valence electrons. The normalized spacial score (nSPS) is 19.6. The molecule has 1 spiro atoms. The second-order valence-corrected chi connectivity index (χ2v) is 7.00. The van der Waals surface area contributed by atoms with Gasteiger partial charge in [0.15, 0.2) is 29.6 Å². The summed E-state index contributed by atoms with van der Waals surface area (Å²) in [4.78, 5) is 49.1. The molecule has 1 atom stereocenters. The van der Waals surface area contributed by atoms with Crippen LogP contribution >= 0.6 is 23.2 Å². The van der Waals surface area contributed by atoms with Gasteiger partial charge in [0.2, 0.25) is 5.78 Å². The van der Waals surface area contributed by atoms with Crippen LogP contribution in [0, 0.1) is 6.92 Å². The summed E-state index contributed by atoms with van der Waals surface area (Å²) < 4.78 is 21.0. The SMILES string of the molecule is COC(=O)C1=CC(=O)C=C(OC)C12Oc1c(Cl)c(C)c(Cl)c(OCC(=O)O)c1C2=O. The summed E-state index contributed by atoms with van der Waals surface area (Å²) in [6, 6.07) is 0. The van der Waals surface area contributed by atoms with E-state index < -0.39 is 41.3 Å². The maximum atomic E-state index is 13.6. The lowest BCUT2D eigenvalue weighted by Gasteiger charge is -2.31. The van der Waals surface area contributed by atoms with Crippen molar-refractivity contribution < 1.29 is 43.2 Å². The minimum Gasteiger partial charge on any atom is -0.496 e. The van der Waals surface area contributed by atoms with Gasteiger partial charge in [-0.05, 0) is 12.5 Å². The van der Waals surface area contributed by atoms with Gasteiger partial charge >= 0.3 is 11.9 Å². The molecule has 30 heavy (non-hydrogen) atoms. The highest BCUT2D eigenvalue weighted by Crippen LogP contribution is 2.54. The quantitative estimate of drug-likeness (QED) is 0.663. The van der Waals surface area contributed by atoms with Crippen molar-refractivity contribution in [3.63, 3.8) is 0 Å². The van der Waals surface area contributed by atoms with Crippen molar-refractivity contribution in [2.24, 2.45) is 0 Å². The van der Waals surface area contributed by atoms with Gasteiger partial charge in [-0.3, -0.25) is 9.59 Å². The zero-order valence-corrected chi connectivity index (χ0v) is 17.3. The van der Waals surface area contributed by atoms with Crippen molar-refractivity contribution in [1.82, 2.24) is 0 Å². The fourth-order valence-electron chi connectivity index (χ4n) is 3.21. The van der Waals surface area contributed by atoms with Crippen molar-refractivity contribution in [2.45, 2.75) is 12.5 Å². The van der Waals surface area contributed by atoms with E-state index in [9.17, 15) is 19.2 Å². The molecule has 1 heterocycles. The van der Waals surface area contributed by atoms with Crippen molar-refractivity contribution in [3.8, 4) is 11.5 Å². The number of carboxylic acids is 1. The van der Waals surface area contributed by atoms with Crippen LogP contribution in [0.5, 0.6) is 11.5 Å². The maximum absolute atomic E-state index is 13.6. The number of aliphatic carboxylic acids is 1. The van der Waals surface area contributed by atoms with E-state index in [1.807, 2.05) is 0 Å². The van der Waals surface area contributed by atoms with E-state index in [-0.39, 0.29) is 38.4 Å². The number of carboxylic acid groups (broad SMARTS) is 1. The third kappa shape index (κ3) is 3.01. The van der Waals surface area contributed by atoms with Gasteiger partial charge in [0.25, 0.3) is 5.60 Å². The fraction of sp³-hybridized carbons (Fsp3) is 0.263. The highest BCUT2D eigenvalue weighted by atomic mass is 35.5. The summed E-state index contributed by atoms with van der Waals surface area (Å²) >= 11 is 12.6. The molecule has 0 saturated carbocycles. The van der Waals surface area contributed by atoms with Crippen LogP contribution in [0.1, 0.15) is 15.9 Å². The summed E-state index contributed by atoms with van der Waals surface area (Å²) in [5, 5.41) is 8.79. The Morgan fingerprint density at radius 2 is 1.83 bits per heavy atom. The lowest BCUT2D eigenvalue weighted by molar-refractivity contribution is -0.139. The number of rotatable bonds is 5. The molecule has 1 unspecified atom stereocenters. The van der Waals surface area contributed by atoms with Crippen LogP contribution in [0.4, 0.5) is 0 Å². The van der Waals surface area contributed by atoms with Gasteiger partial charge in [-0.25, -0.2) is 9.59 Å². The van der Waals surface area contributed by atoms with Crippen LogP contribution in [0.2, 0.25) is 10.0 Å². The van der Waals surface area contributed by atoms with E-state index in [4.69, 9.17) is 47.3 Å². The van der Waals surface area contributed by atoms with Gasteiger partial charge < -0.3 is 24.1 Å². The zero-order valence-electron chi connectivity index (χ0n) is 15.8. The molecule has 3 rings (SSSR count). The Balaban J connectivity index is 2.31. The standard InChI is InChI=1S/C19H14Cl2O9/c1-7-13(20)15(29-6-11(23)24)12-16(14(7)21)30-19(17(12)25)9(18(26)28-3)4-8(22)5-10(19)27-2/h4-5H,6H2,1-3H3,(H,23,24). The monoisotopic (exact) mass is 456 g/mol. The van der Waals surface area contributed by atoms with E-state index in [1.165, 1.54) is 14.0 Å². The third-order valence-corrected chi connectivity index (χ3v) is 5.47. The van der Waals surface area contributed by atoms with E-state index in [1.54, 1.807) is 0 Å². The number of carbonyl (C=O) groups is 4. The van der Waals surface area contributed by atoms with Gasteiger partial charge in [-0.15, -0.1) is 0 Å². The van der Waals surface area contributed by atoms with E-state index in [0.717, 1.165) is 19.3 Å². The Morgan fingerprint density at radius 3 is 2.40 bits per heavy atom. The van der Waals surface area contributed by atoms with Crippen LogP contribution in [-0.2, 0) is 23.9 Å². The van der Waals surface area contributed by atoms with Gasteiger partial charge in [0.1, 0.15) is 11.1 Å². The molecule has 1 N–H and O–H groups in total. The van der Waals surface area contributed by atoms with Crippen molar-refractivity contribution in [1.29, 1.82) is 0 Å². The second kappa shape index (κ2) is 7.66. The number of esters is 1. The van der Waals surface area contributed by atoms with E-state index in [2.05, 4.69) is 0 Å². The van der Waals surface area contributed by atoms with E-state index >= 15 is 0 Å². The first-order valence-electron chi connectivity index (χ1n) is 8.30. The topological polar surface area (TPSA) is 125 Å². The molecule has 1 aliphatic carbocycles. The molecule has 0 bridgehead atoms. The van der Waals surface area contributed by atoms with Gasteiger partial charge in [-0.2, -0.15) is 0 Å². The first kappa shape index (κ1) is 21.7. The number of allylic oxidation sites excluding steroid dienone is 2. The zero-order chi connectivity index (χ0) is 22.4. The van der Waals surface area contributed by atoms with Crippen LogP contribution in [0.15, 0.2) is 23.5 Å². The number of halogens is 2. The number of ketones is 2. The largest absolute Gasteiger partial charge is 0.496 e. The number of methoxy groups -OCH3 is 2. The number of benzene rings is 1. The summed E-state index contributed by atoms with van der Waals surface area (Å²) in [7, 11) is 2.25. The Morgan fingerprint density at radius 1 is 1.17 bits per heavy atom. The molecule has 0 amide bonds. The summed E-state index contributed by atoms with van der Waals surface area (Å²) in [6.45, 7) is 0.699. The highest BCUT2D eigenvalue weighted by molar-refractivity contribution is 6.40. The molecule has 1 aromatic carbocycles. The molecule has 2 aliphatic rings. The van der Waals surface area contributed by atoms with Crippen LogP contribution < -0.4 is 9.47 Å². The Labute approximate surface area is 179 Å². The average molecular weight is 457 g/mol. The predicted octanol–water partition coefficient (Wildman–Crippen LogP) is 2.29. The molecular weight excluding hydrogens is 443 g/mol. The number of Topliss-reactive ketones (excluding diaryl/α,β-unsaturated/α-hetero) is 1. The molecule has 0 saturated heterocycles. The highest BCUT2D eigenvalue weighted by Gasteiger charge is 2.61. The molecule has 0 aromatic heterocycles. The lowest BCUT2D eigenvalue weighted by atomic mass is 9.81. The summed E-state index contributed by atoms with van der Waals surface area (Å²) in [5.74, 6) is -4.62. The Bertz CT molecular complexity index is 1070. The van der Waals surface area contributed by atoms with Crippen LogP contribution in [0.3, 0.4) is 0 Å². The number of carbonyl (C=O) groups excluding carboxylic acids is 3. The van der Waals surface area contributed by atoms with Crippen molar-refractivity contribution in [3.05, 3.63) is 44.7 Å². The maximum Gasteiger partial charge on any atom is 0.341 e. The molecule has 9 nitrogen and oxygen atoms in total. The third-order valence-electron chi connectivity index (χ3n) is 4.56. The van der Waals surface area contributed by atoms with Gasteiger partial charge in [0, 0.05) is 12.2 Å². The molecular formula is C19H14Cl2O9. The molecule has 0 fully saturated rings. The number of fused-ring (bicyclic) bond motifs is 1.